The minimum atomic E-state index is -2.64. The van der Waals surface area contributed by atoms with E-state index in [1.807, 2.05) is 0 Å². The lowest BCUT2D eigenvalue weighted by Crippen LogP contribution is -2.43. The third-order valence-electron chi connectivity index (χ3n) is 4.69. The monoisotopic (exact) mass is 485 g/mol. The van der Waals surface area contributed by atoms with Gasteiger partial charge in [-0.05, 0) is 26.2 Å². The van der Waals surface area contributed by atoms with Gasteiger partial charge in [-0.3, -0.25) is 4.79 Å². The van der Waals surface area contributed by atoms with Crippen molar-refractivity contribution < 1.29 is 45.6 Å². The van der Waals surface area contributed by atoms with Gasteiger partial charge in [-0.25, -0.2) is 4.79 Å². The largest absolute Gasteiger partial charge is 0.500 e. The Morgan fingerprint density at radius 2 is 1.26 bits per heavy atom. The Bertz CT molecular complexity index is 487. The Hall–Kier alpha value is -1.07. The van der Waals surface area contributed by atoms with Crippen LogP contribution in [-0.2, 0) is 40.8 Å². The molecule has 0 aliphatic rings. The molecule has 0 radical (unpaired) electrons. The molecule has 184 valence electrons. The van der Waals surface area contributed by atoms with Gasteiger partial charge >= 0.3 is 29.7 Å². The van der Waals surface area contributed by atoms with Crippen LogP contribution in [0.2, 0.25) is 12.1 Å². The molecule has 0 aliphatic carbocycles. The number of esters is 1. The number of carbonyl (C=O) groups is 2. The summed E-state index contributed by atoms with van der Waals surface area (Å²) in [6.07, 6.45) is 1.07. The van der Waals surface area contributed by atoms with Gasteiger partial charge in [0.05, 0.1) is 0 Å². The molecule has 11 nitrogen and oxygen atoms in total. The zero-order chi connectivity index (χ0) is 23.8. The maximum Gasteiger partial charge on any atom is 0.500 e. The second kappa shape index (κ2) is 16.6. The molecule has 0 aliphatic heterocycles. The van der Waals surface area contributed by atoms with Crippen LogP contribution in [0.1, 0.15) is 32.6 Å². The van der Waals surface area contributed by atoms with Crippen LogP contribution >= 0.6 is 0 Å². The highest BCUT2D eigenvalue weighted by Gasteiger charge is 2.37. The Labute approximate surface area is 187 Å². The number of nitrogens with one attached hydrogen (secondary N) is 1. The fourth-order valence-corrected chi connectivity index (χ4v) is 6.30. The summed E-state index contributed by atoms with van der Waals surface area (Å²) in [4.78, 5) is 23.7. The lowest BCUT2D eigenvalue weighted by Gasteiger charge is -2.24. The fraction of sp³-hybridized carbons (Fsp3) is 0.889. The first kappa shape index (κ1) is 29.9. The lowest BCUT2D eigenvalue weighted by atomic mass is 10.2. The summed E-state index contributed by atoms with van der Waals surface area (Å²) in [6.45, 7) is 2.02. The smallest absolute Gasteiger partial charge is 0.459 e. The summed E-state index contributed by atoms with van der Waals surface area (Å²) in [6, 6.07) is 1.18. The molecule has 0 spiro atoms. The fourth-order valence-electron chi connectivity index (χ4n) is 2.78. The third kappa shape index (κ3) is 11.9. The molecule has 1 unspecified atom stereocenters. The van der Waals surface area contributed by atoms with Crippen molar-refractivity contribution in [3.05, 3.63) is 0 Å². The normalized spacial score (nSPS) is 13.0. The van der Waals surface area contributed by atoms with Gasteiger partial charge in [-0.1, -0.05) is 0 Å². The molecule has 31 heavy (non-hydrogen) atoms. The standard InChI is InChI=1S/C18H39NO10Si2/c1-16(29-17(20)11-8-9-13-30(22-2,23-3)24-4)15-28-18(21)19-12-10-14-31(25-5,26-6)27-7/h16H,8-15H2,1-7H3,(H,19,21). The first-order valence-electron chi connectivity index (χ1n) is 10.2. The Morgan fingerprint density at radius 3 is 1.74 bits per heavy atom. The van der Waals surface area contributed by atoms with Crippen molar-refractivity contribution >= 4 is 29.7 Å². The van der Waals surface area contributed by atoms with E-state index >= 15 is 0 Å². The molecule has 13 heteroatoms. The maximum atomic E-state index is 11.9. The Balaban J connectivity index is 3.98. The molecular weight excluding hydrogens is 446 g/mol. The minimum absolute atomic E-state index is 0.0302. The SMILES string of the molecule is CO[Si](CCCCC(=O)OC(C)COC(=O)NCCC[Si](OC)(OC)OC)(OC)OC. The van der Waals surface area contributed by atoms with E-state index in [0.717, 1.165) is 0 Å². The topological polar surface area (TPSA) is 120 Å². The van der Waals surface area contributed by atoms with Crippen LogP contribution in [0.3, 0.4) is 0 Å². The van der Waals surface area contributed by atoms with Crippen molar-refractivity contribution in [2.24, 2.45) is 0 Å². The Kier molecular flexibility index (Phi) is 16.0. The van der Waals surface area contributed by atoms with Crippen LogP contribution in [0, 0.1) is 0 Å². The quantitative estimate of drug-likeness (QED) is 0.175. The summed E-state index contributed by atoms with van der Waals surface area (Å²) >= 11 is 0. The maximum absolute atomic E-state index is 11.9. The predicted molar refractivity (Wildman–Crippen MR) is 117 cm³/mol. The summed E-state index contributed by atoms with van der Waals surface area (Å²) < 4.78 is 42.3. The molecule has 0 aromatic carbocycles. The number of unbranched alkanes of at least 4 members (excludes halogenated alkanes) is 1. The zero-order valence-electron chi connectivity index (χ0n) is 19.8. The summed E-state index contributed by atoms with van der Waals surface area (Å²) in [5, 5.41) is 2.63. The van der Waals surface area contributed by atoms with E-state index in [4.69, 9.17) is 36.0 Å². The van der Waals surface area contributed by atoms with E-state index < -0.39 is 29.8 Å². The summed E-state index contributed by atoms with van der Waals surface area (Å²) in [5.41, 5.74) is 0. The number of carbonyl (C=O) groups excluding carboxylic acids is 2. The van der Waals surface area contributed by atoms with Crippen LogP contribution in [0.15, 0.2) is 0 Å². The highest BCUT2D eigenvalue weighted by atomic mass is 28.4. The van der Waals surface area contributed by atoms with Gasteiger partial charge in [0, 0.05) is 67.7 Å². The van der Waals surface area contributed by atoms with E-state index in [0.29, 0.717) is 37.9 Å². The number of rotatable bonds is 18. The van der Waals surface area contributed by atoms with Gasteiger partial charge in [0.1, 0.15) is 12.7 Å². The average molecular weight is 486 g/mol. The average Bonchev–Trinajstić information content (AvgIpc) is 2.79. The molecule has 0 aromatic rings. The van der Waals surface area contributed by atoms with Crippen LogP contribution in [0.5, 0.6) is 0 Å². The molecule has 1 atom stereocenters. The van der Waals surface area contributed by atoms with Crippen molar-refractivity contribution in [3.63, 3.8) is 0 Å². The van der Waals surface area contributed by atoms with Crippen LogP contribution < -0.4 is 5.32 Å². The van der Waals surface area contributed by atoms with E-state index in [9.17, 15) is 9.59 Å². The van der Waals surface area contributed by atoms with Gasteiger partial charge in [-0.15, -0.1) is 0 Å². The molecule has 0 aromatic heterocycles. The van der Waals surface area contributed by atoms with Crippen molar-refractivity contribution in [1.29, 1.82) is 0 Å². The number of hydrogen-bond donors (Lipinski definition) is 1. The second-order valence-electron chi connectivity index (χ2n) is 6.73. The second-order valence-corrected chi connectivity index (χ2v) is 12.9. The minimum Gasteiger partial charge on any atom is -0.459 e. The predicted octanol–water partition coefficient (Wildman–Crippen LogP) is 1.96. The van der Waals surface area contributed by atoms with Crippen molar-refractivity contribution in [1.82, 2.24) is 5.32 Å². The zero-order valence-corrected chi connectivity index (χ0v) is 21.8. The first-order valence-corrected chi connectivity index (χ1v) is 14.0. The molecule has 0 saturated carbocycles. The van der Waals surface area contributed by atoms with Crippen LogP contribution in [0.25, 0.3) is 0 Å². The molecule has 0 bridgehead atoms. The molecule has 0 rings (SSSR count). The van der Waals surface area contributed by atoms with Gasteiger partial charge in [-0.2, -0.15) is 0 Å². The molecule has 0 fully saturated rings. The van der Waals surface area contributed by atoms with Crippen molar-refractivity contribution in [2.75, 3.05) is 55.8 Å². The molecular formula is C18H39NO10Si2. The van der Waals surface area contributed by atoms with Gasteiger partial charge < -0.3 is 41.3 Å². The number of amides is 1. The summed E-state index contributed by atoms with van der Waals surface area (Å²) in [7, 11) is 4.02. The van der Waals surface area contributed by atoms with Crippen LogP contribution in [0.4, 0.5) is 4.79 Å². The molecule has 1 N–H and O–H groups in total. The van der Waals surface area contributed by atoms with E-state index in [1.165, 1.54) is 21.3 Å². The van der Waals surface area contributed by atoms with E-state index in [1.54, 1.807) is 28.3 Å². The highest BCUT2D eigenvalue weighted by molar-refractivity contribution is 6.60. The number of ether oxygens (including phenoxy) is 2. The van der Waals surface area contributed by atoms with Crippen molar-refractivity contribution in [3.8, 4) is 0 Å². The third-order valence-corrected chi connectivity index (χ3v) is 10.4. The van der Waals surface area contributed by atoms with Gasteiger partial charge in [0.25, 0.3) is 0 Å². The number of alkyl carbamates (subject to hydrolysis) is 1. The first-order chi connectivity index (χ1) is 14.8. The number of hydrogen-bond acceptors (Lipinski definition) is 10. The van der Waals surface area contributed by atoms with E-state index in [-0.39, 0.29) is 19.0 Å². The van der Waals surface area contributed by atoms with Gasteiger partial charge in [0.15, 0.2) is 0 Å². The molecule has 1 amide bonds. The van der Waals surface area contributed by atoms with E-state index in [2.05, 4.69) is 5.32 Å². The summed E-state index contributed by atoms with van der Waals surface area (Å²) in [5.74, 6) is -0.351. The molecule has 0 saturated heterocycles. The lowest BCUT2D eigenvalue weighted by molar-refractivity contribution is -0.150. The molecule has 0 heterocycles. The Morgan fingerprint density at radius 1 is 0.774 bits per heavy atom. The van der Waals surface area contributed by atoms with Crippen molar-refractivity contribution in [2.45, 2.75) is 50.8 Å². The van der Waals surface area contributed by atoms with Crippen LogP contribution in [-0.4, -0.2) is 91.6 Å². The highest BCUT2D eigenvalue weighted by Crippen LogP contribution is 2.17. The van der Waals surface area contributed by atoms with Gasteiger partial charge in [0.2, 0.25) is 0 Å².